The van der Waals surface area contributed by atoms with Gasteiger partial charge in [-0.1, -0.05) is 69.4 Å². The minimum absolute atomic E-state index is 0. The van der Waals surface area contributed by atoms with Crippen LogP contribution in [0.15, 0.2) is 30.3 Å². The van der Waals surface area contributed by atoms with Crippen LogP contribution in [0.3, 0.4) is 0 Å². The Morgan fingerprint density at radius 1 is 1.11 bits per heavy atom. The van der Waals surface area contributed by atoms with E-state index in [9.17, 15) is 9.90 Å². The second-order valence-corrected chi connectivity index (χ2v) is 5.17. The Morgan fingerprint density at radius 2 is 1.68 bits per heavy atom. The average molecular weight is 290 g/mol. The summed E-state index contributed by atoms with van der Waals surface area (Å²) in [6.07, 6.45) is 6.50. The fourth-order valence-electron chi connectivity index (χ4n) is 2.26. The number of aliphatic carboxylic acids is 1. The van der Waals surface area contributed by atoms with Gasteiger partial charge in [-0.05, 0) is 18.9 Å². The Balaban J connectivity index is 0.00000324. The number of benzene rings is 1. The summed E-state index contributed by atoms with van der Waals surface area (Å²) in [7, 11) is 0. The Bertz CT molecular complexity index is 364. The first kappa shape index (κ1) is 18.9. The molecule has 1 rings (SSSR count). The van der Waals surface area contributed by atoms with Gasteiger partial charge >= 0.3 is 43.7 Å². The summed E-state index contributed by atoms with van der Waals surface area (Å²) in [6.45, 7) is 4.02. The molecular formula is C16H26CaO2. The summed E-state index contributed by atoms with van der Waals surface area (Å²) < 4.78 is 0. The second kappa shape index (κ2) is 9.79. The number of rotatable bonds is 8. The normalized spacial score (nSPS) is 13.4. The molecule has 0 aromatic heterocycles. The third kappa shape index (κ3) is 5.85. The van der Waals surface area contributed by atoms with Crippen molar-refractivity contribution in [2.45, 2.75) is 57.8 Å². The maximum absolute atomic E-state index is 11.5. The average Bonchev–Trinajstić information content (AvgIpc) is 2.39. The summed E-state index contributed by atoms with van der Waals surface area (Å²) in [4.78, 5) is 11.5. The van der Waals surface area contributed by atoms with Gasteiger partial charge in [-0.25, -0.2) is 0 Å². The zero-order valence-electron chi connectivity index (χ0n) is 11.5. The van der Waals surface area contributed by atoms with Gasteiger partial charge in [-0.2, -0.15) is 0 Å². The summed E-state index contributed by atoms with van der Waals surface area (Å²) in [5.74, 6) is -0.718. The van der Waals surface area contributed by atoms with Crippen LogP contribution in [-0.2, 0) is 10.2 Å². The van der Waals surface area contributed by atoms with Gasteiger partial charge in [0.1, 0.15) is 0 Å². The molecule has 0 aliphatic carbocycles. The van der Waals surface area contributed by atoms with Crippen LogP contribution in [0, 0.1) is 0 Å². The van der Waals surface area contributed by atoms with Gasteiger partial charge in [0.25, 0.3) is 0 Å². The molecule has 0 aliphatic heterocycles. The molecule has 0 radical (unpaired) electrons. The molecular weight excluding hydrogens is 264 g/mol. The van der Waals surface area contributed by atoms with Crippen molar-refractivity contribution in [3.8, 4) is 0 Å². The Kier molecular flexibility index (Phi) is 9.77. The Labute approximate surface area is 146 Å². The third-order valence-corrected chi connectivity index (χ3v) is 3.66. The van der Waals surface area contributed by atoms with Crippen molar-refractivity contribution in [1.29, 1.82) is 0 Å². The fourth-order valence-corrected chi connectivity index (χ4v) is 2.26. The number of hydrogen-bond donors (Lipinski definition) is 1. The summed E-state index contributed by atoms with van der Waals surface area (Å²) in [5.41, 5.74) is 0.168. The summed E-state index contributed by atoms with van der Waals surface area (Å²) >= 11 is 0. The Morgan fingerprint density at radius 3 is 2.21 bits per heavy atom. The predicted molar refractivity (Wildman–Crippen MR) is 83.3 cm³/mol. The molecule has 0 saturated heterocycles. The SMILES string of the molecule is CCCCCCCC(C)(C(=O)O)c1ccccc1.[CaH2]. The van der Waals surface area contributed by atoms with E-state index in [0.717, 1.165) is 24.8 Å². The van der Waals surface area contributed by atoms with Crippen molar-refractivity contribution in [2.75, 3.05) is 0 Å². The molecule has 1 aromatic carbocycles. The molecule has 0 amide bonds. The van der Waals surface area contributed by atoms with Crippen LogP contribution in [-0.4, -0.2) is 48.8 Å². The number of carbonyl (C=O) groups is 1. The van der Waals surface area contributed by atoms with E-state index in [1.807, 2.05) is 37.3 Å². The first-order valence-corrected chi connectivity index (χ1v) is 6.90. The van der Waals surface area contributed by atoms with Gasteiger partial charge in [0, 0.05) is 0 Å². The number of carboxylic acids is 1. The van der Waals surface area contributed by atoms with Gasteiger partial charge in [0.15, 0.2) is 0 Å². The maximum atomic E-state index is 11.5. The van der Waals surface area contributed by atoms with E-state index in [0.29, 0.717) is 0 Å². The van der Waals surface area contributed by atoms with E-state index in [2.05, 4.69) is 6.92 Å². The molecule has 0 heterocycles. The molecule has 1 unspecified atom stereocenters. The molecule has 3 heteroatoms. The van der Waals surface area contributed by atoms with Crippen molar-refractivity contribution < 1.29 is 9.90 Å². The van der Waals surface area contributed by atoms with Gasteiger partial charge < -0.3 is 5.11 Å². The summed E-state index contributed by atoms with van der Waals surface area (Å²) in [5, 5.41) is 9.49. The fraction of sp³-hybridized carbons (Fsp3) is 0.562. The van der Waals surface area contributed by atoms with Crippen LogP contribution < -0.4 is 0 Å². The predicted octanol–water partition coefficient (Wildman–Crippen LogP) is 3.47. The van der Waals surface area contributed by atoms with E-state index in [1.165, 1.54) is 19.3 Å². The van der Waals surface area contributed by atoms with Gasteiger partial charge in [-0.3, -0.25) is 4.79 Å². The van der Waals surface area contributed by atoms with Crippen LogP contribution in [0.5, 0.6) is 0 Å². The van der Waals surface area contributed by atoms with E-state index in [-0.39, 0.29) is 37.7 Å². The number of unbranched alkanes of at least 4 members (excludes halogenated alkanes) is 4. The van der Waals surface area contributed by atoms with Crippen LogP contribution in [0.4, 0.5) is 0 Å². The minimum atomic E-state index is -0.743. The van der Waals surface area contributed by atoms with Gasteiger partial charge in [-0.15, -0.1) is 0 Å². The topological polar surface area (TPSA) is 37.3 Å². The van der Waals surface area contributed by atoms with Crippen molar-refractivity contribution >= 4 is 43.7 Å². The van der Waals surface area contributed by atoms with E-state index >= 15 is 0 Å². The molecule has 0 spiro atoms. The number of carboxylic acid groups (broad SMARTS) is 1. The molecule has 0 bridgehead atoms. The molecule has 2 nitrogen and oxygen atoms in total. The molecule has 0 saturated carbocycles. The zero-order valence-corrected chi connectivity index (χ0v) is 11.5. The van der Waals surface area contributed by atoms with Crippen molar-refractivity contribution in [1.82, 2.24) is 0 Å². The van der Waals surface area contributed by atoms with Crippen LogP contribution in [0.25, 0.3) is 0 Å². The third-order valence-electron chi connectivity index (χ3n) is 3.66. The van der Waals surface area contributed by atoms with E-state index in [4.69, 9.17) is 0 Å². The summed E-state index contributed by atoms with van der Waals surface area (Å²) in [6, 6.07) is 9.58. The second-order valence-electron chi connectivity index (χ2n) is 5.17. The molecule has 1 N–H and O–H groups in total. The van der Waals surface area contributed by atoms with E-state index in [1.54, 1.807) is 0 Å². The number of hydrogen-bond acceptors (Lipinski definition) is 1. The quantitative estimate of drug-likeness (QED) is 0.588. The van der Waals surface area contributed by atoms with Gasteiger partial charge in [0.05, 0.1) is 5.41 Å². The zero-order chi connectivity index (χ0) is 13.4. The molecule has 0 fully saturated rings. The van der Waals surface area contributed by atoms with Crippen molar-refractivity contribution in [3.63, 3.8) is 0 Å². The molecule has 1 atom stereocenters. The van der Waals surface area contributed by atoms with E-state index < -0.39 is 11.4 Å². The standard InChI is InChI=1S/C16H24O2.Ca.2H/c1-3-4-5-6-10-13-16(2,15(17)18)14-11-8-7-9-12-14;;;/h7-9,11-12H,3-6,10,13H2,1-2H3,(H,17,18);;;. The monoisotopic (exact) mass is 290 g/mol. The molecule has 0 aliphatic rings. The molecule has 104 valence electrons. The molecule has 19 heavy (non-hydrogen) atoms. The van der Waals surface area contributed by atoms with Crippen molar-refractivity contribution in [3.05, 3.63) is 35.9 Å². The first-order valence-electron chi connectivity index (χ1n) is 6.90. The Hall–Kier alpha value is -0.0503. The van der Waals surface area contributed by atoms with Crippen LogP contribution in [0.2, 0.25) is 0 Å². The molecule has 1 aromatic rings. The van der Waals surface area contributed by atoms with Crippen LogP contribution in [0.1, 0.15) is 57.9 Å². The first-order chi connectivity index (χ1) is 8.61. The van der Waals surface area contributed by atoms with Gasteiger partial charge in [0.2, 0.25) is 0 Å². The van der Waals surface area contributed by atoms with Crippen LogP contribution >= 0.6 is 0 Å². The van der Waals surface area contributed by atoms with Crippen molar-refractivity contribution in [2.24, 2.45) is 0 Å².